The van der Waals surface area contributed by atoms with E-state index < -0.39 is 0 Å². The fraction of sp³-hybridized carbons (Fsp3) is 0.143. The number of hydrogen-bond acceptors (Lipinski definition) is 3. The van der Waals surface area contributed by atoms with Gasteiger partial charge in [-0.2, -0.15) is 0 Å². The van der Waals surface area contributed by atoms with Gasteiger partial charge in [-0.1, -0.05) is 42.1 Å². The summed E-state index contributed by atoms with van der Waals surface area (Å²) < 4.78 is 2.03. The van der Waals surface area contributed by atoms with Gasteiger partial charge in [0, 0.05) is 5.39 Å². The van der Waals surface area contributed by atoms with Gasteiger partial charge in [-0.15, -0.1) is 10.2 Å². The lowest BCUT2D eigenvalue weighted by molar-refractivity contribution is 0.891. The summed E-state index contributed by atoms with van der Waals surface area (Å²) in [5.41, 5.74) is 2.42. The van der Waals surface area contributed by atoms with Gasteiger partial charge in [0.2, 0.25) is 0 Å². The Labute approximate surface area is 110 Å². The summed E-state index contributed by atoms with van der Waals surface area (Å²) in [5.74, 6) is 0. The Hall–Kier alpha value is -1.81. The minimum atomic E-state index is 0.906. The average molecular weight is 255 g/mol. The number of benzene rings is 2. The van der Waals surface area contributed by atoms with Gasteiger partial charge in [0.25, 0.3) is 0 Å². The molecule has 0 unspecified atom stereocenters. The molecule has 2 aromatic carbocycles. The molecule has 90 valence electrons. The van der Waals surface area contributed by atoms with E-state index in [-0.39, 0.29) is 0 Å². The van der Waals surface area contributed by atoms with Crippen LogP contribution in [0.3, 0.4) is 0 Å². The Kier molecular flexibility index (Phi) is 2.80. The van der Waals surface area contributed by atoms with Crippen molar-refractivity contribution in [1.29, 1.82) is 0 Å². The highest BCUT2D eigenvalue weighted by molar-refractivity contribution is 7.98. The lowest BCUT2D eigenvalue weighted by Gasteiger charge is -2.10. The van der Waals surface area contributed by atoms with E-state index in [9.17, 15) is 0 Å². The summed E-state index contributed by atoms with van der Waals surface area (Å²) in [6.07, 6.45) is 3.78. The van der Waals surface area contributed by atoms with Crippen LogP contribution in [0.15, 0.2) is 47.9 Å². The minimum Gasteiger partial charge on any atom is -0.276 e. The molecule has 3 aromatic rings. The number of thioether (sulfide) groups is 1. The highest BCUT2D eigenvalue weighted by Gasteiger charge is 2.09. The van der Waals surface area contributed by atoms with Gasteiger partial charge in [0.1, 0.15) is 6.33 Å². The lowest BCUT2D eigenvalue weighted by Crippen LogP contribution is -1.96. The normalized spacial score (nSPS) is 11.0. The first kappa shape index (κ1) is 11.3. The van der Waals surface area contributed by atoms with Crippen LogP contribution in [0.5, 0.6) is 0 Å². The molecule has 0 aliphatic heterocycles. The molecule has 0 aliphatic carbocycles. The van der Waals surface area contributed by atoms with Gasteiger partial charge in [-0.25, -0.2) is 0 Å². The monoisotopic (exact) mass is 255 g/mol. The maximum Gasteiger partial charge on any atom is 0.195 e. The van der Waals surface area contributed by atoms with Crippen molar-refractivity contribution in [3.8, 4) is 5.69 Å². The number of fused-ring (bicyclic) bond motifs is 1. The van der Waals surface area contributed by atoms with Crippen LogP contribution in [0.25, 0.3) is 16.5 Å². The fourth-order valence-electron chi connectivity index (χ4n) is 2.17. The molecule has 0 radical (unpaired) electrons. The smallest absolute Gasteiger partial charge is 0.195 e. The van der Waals surface area contributed by atoms with Crippen molar-refractivity contribution < 1.29 is 0 Å². The van der Waals surface area contributed by atoms with Gasteiger partial charge in [0.15, 0.2) is 5.16 Å². The van der Waals surface area contributed by atoms with Gasteiger partial charge in [-0.3, -0.25) is 4.57 Å². The third-order valence-electron chi connectivity index (χ3n) is 3.08. The summed E-state index contributed by atoms with van der Waals surface area (Å²) in [4.78, 5) is 0. The number of aryl methyl sites for hydroxylation is 1. The quantitative estimate of drug-likeness (QED) is 0.657. The van der Waals surface area contributed by atoms with E-state index in [2.05, 4.69) is 53.5 Å². The largest absolute Gasteiger partial charge is 0.276 e. The number of aromatic nitrogens is 3. The zero-order valence-corrected chi connectivity index (χ0v) is 11.1. The maximum atomic E-state index is 4.12. The van der Waals surface area contributed by atoms with Gasteiger partial charge in [0.05, 0.1) is 5.69 Å². The molecule has 1 aromatic heterocycles. The predicted molar refractivity (Wildman–Crippen MR) is 75.4 cm³/mol. The SMILES string of the molecule is CSc1nncn1-c1ccc(C)c2ccccc12. The zero-order chi connectivity index (χ0) is 12.5. The standard InChI is InChI=1S/C14H13N3S/c1-10-7-8-13(12-6-4-3-5-11(10)12)17-9-15-16-14(17)18-2/h3-9H,1-2H3. The molecule has 0 spiro atoms. The van der Waals surface area contributed by atoms with E-state index in [1.165, 1.54) is 16.3 Å². The van der Waals surface area contributed by atoms with Crippen LogP contribution in [0.4, 0.5) is 0 Å². The summed E-state index contributed by atoms with van der Waals surface area (Å²) in [5, 5.41) is 11.5. The highest BCUT2D eigenvalue weighted by Crippen LogP contribution is 2.27. The van der Waals surface area contributed by atoms with Crippen LogP contribution in [0, 0.1) is 6.92 Å². The molecule has 0 fully saturated rings. The molecule has 0 saturated heterocycles. The topological polar surface area (TPSA) is 30.7 Å². The van der Waals surface area contributed by atoms with Gasteiger partial charge in [-0.05, 0) is 30.2 Å². The molecule has 3 rings (SSSR count). The summed E-state index contributed by atoms with van der Waals surface area (Å²) in [6.45, 7) is 2.13. The molecule has 1 heterocycles. The first-order valence-corrected chi connectivity index (χ1v) is 6.96. The van der Waals surface area contributed by atoms with Crippen LogP contribution < -0.4 is 0 Å². The van der Waals surface area contributed by atoms with E-state index >= 15 is 0 Å². The van der Waals surface area contributed by atoms with Crippen molar-refractivity contribution in [3.05, 3.63) is 48.3 Å². The lowest BCUT2D eigenvalue weighted by atomic mass is 10.0. The molecule has 0 N–H and O–H groups in total. The van der Waals surface area contributed by atoms with Crippen LogP contribution in [-0.4, -0.2) is 21.0 Å². The Balaban J connectivity index is 2.34. The molecule has 18 heavy (non-hydrogen) atoms. The highest BCUT2D eigenvalue weighted by atomic mass is 32.2. The molecule has 0 bridgehead atoms. The van der Waals surface area contributed by atoms with Crippen molar-refractivity contribution in [2.75, 3.05) is 6.26 Å². The van der Waals surface area contributed by atoms with E-state index in [0.717, 1.165) is 10.8 Å². The third kappa shape index (κ3) is 1.69. The van der Waals surface area contributed by atoms with E-state index in [0.29, 0.717) is 0 Å². The summed E-state index contributed by atoms with van der Waals surface area (Å²) in [6, 6.07) is 12.7. The molecule has 0 atom stereocenters. The summed E-state index contributed by atoms with van der Waals surface area (Å²) in [7, 11) is 0. The van der Waals surface area contributed by atoms with E-state index in [1.54, 1.807) is 18.1 Å². The molecule has 0 amide bonds. The van der Waals surface area contributed by atoms with Crippen molar-refractivity contribution in [3.63, 3.8) is 0 Å². The van der Waals surface area contributed by atoms with Crippen molar-refractivity contribution in [2.45, 2.75) is 12.1 Å². The fourth-order valence-corrected chi connectivity index (χ4v) is 2.64. The Bertz CT molecular complexity index is 703. The zero-order valence-electron chi connectivity index (χ0n) is 10.3. The Morgan fingerprint density at radius 2 is 1.83 bits per heavy atom. The number of rotatable bonds is 2. The van der Waals surface area contributed by atoms with Crippen LogP contribution in [0.1, 0.15) is 5.56 Å². The van der Waals surface area contributed by atoms with Crippen LogP contribution in [0.2, 0.25) is 0 Å². The van der Waals surface area contributed by atoms with Gasteiger partial charge >= 0.3 is 0 Å². The third-order valence-corrected chi connectivity index (χ3v) is 3.72. The molecular weight excluding hydrogens is 242 g/mol. The molecule has 4 heteroatoms. The van der Waals surface area contributed by atoms with Crippen molar-refractivity contribution in [2.24, 2.45) is 0 Å². The Morgan fingerprint density at radius 1 is 1.06 bits per heavy atom. The first-order chi connectivity index (χ1) is 8.81. The molecule has 3 nitrogen and oxygen atoms in total. The van der Waals surface area contributed by atoms with Crippen molar-refractivity contribution in [1.82, 2.24) is 14.8 Å². The Morgan fingerprint density at radius 3 is 2.61 bits per heavy atom. The second-order valence-electron chi connectivity index (χ2n) is 4.13. The molecule has 0 saturated carbocycles. The van der Waals surface area contributed by atoms with E-state index in [1.807, 2.05) is 10.8 Å². The summed E-state index contributed by atoms with van der Waals surface area (Å²) >= 11 is 1.60. The predicted octanol–water partition coefficient (Wildman–Crippen LogP) is 3.45. The maximum absolute atomic E-state index is 4.12. The average Bonchev–Trinajstić information content (AvgIpc) is 2.88. The van der Waals surface area contributed by atoms with Crippen LogP contribution in [-0.2, 0) is 0 Å². The van der Waals surface area contributed by atoms with Crippen molar-refractivity contribution >= 4 is 22.5 Å². The minimum absolute atomic E-state index is 0.906. The molecule has 0 aliphatic rings. The second-order valence-corrected chi connectivity index (χ2v) is 4.91. The van der Waals surface area contributed by atoms with Gasteiger partial charge < -0.3 is 0 Å². The van der Waals surface area contributed by atoms with Crippen LogP contribution >= 0.6 is 11.8 Å². The number of nitrogens with zero attached hydrogens (tertiary/aromatic N) is 3. The second kappa shape index (κ2) is 4.46. The van der Waals surface area contributed by atoms with E-state index in [4.69, 9.17) is 0 Å². The first-order valence-electron chi connectivity index (χ1n) is 5.74. The number of hydrogen-bond donors (Lipinski definition) is 0. The molecular formula is C14H13N3S.